The van der Waals surface area contributed by atoms with Crippen LogP contribution in [0.1, 0.15) is 11.1 Å². The van der Waals surface area contributed by atoms with Crippen molar-refractivity contribution < 1.29 is 19.1 Å². The summed E-state index contributed by atoms with van der Waals surface area (Å²) >= 11 is 5.60. The fraction of sp³-hybridized carbons (Fsp3) is 0.611. The van der Waals surface area contributed by atoms with Crippen LogP contribution in [0.2, 0.25) is 0 Å². The lowest BCUT2D eigenvalue weighted by Gasteiger charge is -2.32. The summed E-state index contributed by atoms with van der Waals surface area (Å²) in [5.74, 6) is 1.57. The molecular weight excluding hydrogens is 338 g/mol. The van der Waals surface area contributed by atoms with Crippen LogP contribution in [0.5, 0.6) is 11.5 Å². The minimum atomic E-state index is 0.776. The van der Waals surface area contributed by atoms with E-state index >= 15 is 0 Å². The van der Waals surface area contributed by atoms with Crippen molar-refractivity contribution in [2.24, 2.45) is 0 Å². The van der Waals surface area contributed by atoms with E-state index in [1.807, 2.05) is 0 Å². The number of rotatable bonds is 5. The highest BCUT2D eigenvalue weighted by Gasteiger charge is 2.21. The van der Waals surface area contributed by atoms with Crippen molar-refractivity contribution in [1.82, 2.24) is 10.2 Å². The molecule has 0 aliphatic carbocycles. The van der Waals surface area contributed by atoms with E-state index in [1.165, 1.54) is 11.1 Å². The van der Waals surface area contributed by atoms with E-state index in [4.69, 9.17) is 26.4 Å². The van der Waals surface area contributed by atoms with E-state index in [1.54, 1.807) is 19.1 Å². The van der Waals surface area contributed by atoms with Crippen molar-refractivity contribution in [3.63, 3.8) is 0 Å². The maximum atomic E-state index is 5.60. The molecule has 2 aliphatic rings. The van der Waals surface area contributed by atoms with Gasteiger partial charge in [0.1, 0.15) is 13.1 Å². The first kappa shape index (κ1) is 18.2. The standard InChI is InChI=1S/C18H27N3O3S/c1-22-16-11-14-3-5-21(13-15(14)12-17(16)23-2)18(25)19-4-6-20-7-9-24-10-8-20/h11-12H,3-10,13H2,1-2H3,(H,19,25)/p+1. The summed E-state index contributed by atoms with van der Waals surface area (Å²) in [6.45, 7) is 7.65. The zero-order chi connectivity index (χ0) is 17.6. The first-order valence-electron chi connectivity index (χ1n) is 8.89. The number of benzene rings is 1. The smallest absolute Gasteiger partial charge is 0.169 e. The summed E-state index contributed by atoms with van der Waals surface area (Å²) in [5, 5.41) is 4.26. The minimum Gasteiger partial charge on any atom is -0.493 e. The van der Waals surface area contributed by atoms with Gasteiger partial charge in [0.25, 0.3) is 0 Å². The summed E-state index contributed by atoms with van der Waals surface area (Å²) in [5.41, 5.74) is 2.57. The molecular formula is C18H28N3O3S+. The van der Waals surface area contributed by atoms with Gasteiger partial charge in [0, 0.05) is 13.1 Å². The fourth-order valence-corrected chi connectivity index (χ4v) is 3.68. The maximum Gasteiger partial charge on any atom is 0.169 e. The van der Waals surface area contributed by atoms with Crippen molar-refractivity contribution in [1.29, 1.82) is 0 Å². The third kappa shape index (κ3) is 4.54. The van der Waals surface area contributed by atoms with Crippen LogP contribution >= 0.6 is 12.2 Å². The molecule has 3 rings (SSSR count). The van der Waals surface area contributed by atoms with Gasteiger partial charge in [-0.25, -0.2) is 0 Å². The molecule has 1 aromatic carbocycles. The lowest BCUT2D eigenvalue weighted by Crippen LogP contribution is -3.14. The Morgan fingerprint density at radius 1 is 1.20 bits per heavy atom. The number of morpholine rings is 1. The van der Waals surface area contributed by atoms with E-state index in [0.29, 0.717) is 0 Å². The Morgan fingerprint density at radius 2 is 1.88 bits per heavy atom. The van der Waals surface area contributed by atoms with E-state index in [0.717, 1.165) is 75.5 Å². The van der Waals surface area contributed by atoms with Gasteiger partial charge in [0.05, 0.1) is 40.5 Å². The normalized spacial score (nSPS) is 17.8. The van der Waals surface area contributed by atoms with E-state index in [2.05, 4.69) is 22.3 Å². The number of nitrogens with one attached hydrogen (secondary N) is 2. The Kier molecular flexibility index (Phi) is 6.34. The Balaban J connectivity index is 1.53. The molecule has 1 fully saturated rings. The number of ether oxygens (including phenoxy) is 3. The highest BCUT2D eigenvalue weighted by atomic mass is 32.1. The summed E-state index contributed by atoms with van der Waals surface area (Å²) in [4.78, 5) is 3.82. The van der Waals surface area contributed by atoms with Crippen LogP contribution in [-0.4, -0.2) is 70.2 Å². The third-order valence-corrected chi connectivity index (χ3v) is 5.36. The second-order valence-electron chi connectivity index (χ2n) is 6.49. The molecule has 7 heteroatoms. The van der Waals surface area contributed by atoms with Gasteiger partial charge in [-0.15, -0.1) is 0 Å². The Bertz CT molecular complexity index is 605. The van der Waals surface area contributed by atoms with Crippen molar-refractivity contribution in [2.75, 3.05) is 60.2 Å². The largest absolute Gasteiger partial charge is 0.493 e. The van der Waals surface area contributed by atoms with Crippen LogP contribution in [0.4, 0.5) is 0 Å². The van der Waals surface area contributed by atoms with Crippen LogP contribution in [0.15, 0.2) is 12.1 Å². The summed E-state index contributed by atoms with van der Waals surface area (Å²) in [7, 11) is 3.35. The maximum absolute atomic E-state index is 5.60. The molecule has 1 aromatic rings. The van der Waals surface area contributed by atoms with Gasteiger partial charge in [-0.3, -0.25) is 0 Å². The molecule has 1 saturated heterocycles. The molecule has 2 aliphatic heterocycles. The van der Waals surface area contributed by atoms with Crippen LogP contribution < -0.4 is 19.7 Å². The number of hydrogen-bond donors (Lipinski definition) is 2. The molecule has 25 heavy (non-hydrogen) atoms. The number of nitrogens with zero attached hydrogens (tertiary/aromatic N) is 1. The van der Waals surface area contributed by atoms with Gasteiger partial charge >= 0.3 is 0 Å². The lowest BCUT2D eigenvalue weighted by molar-refractivity contribution is -0.906. The average Bonchev–Trinajstić information content (AvgIpc) is 2.67. The molecule has 0 amide bonds. The summed E-state index contributed by atoms with van der Waals surface area (Å²) in [6.07, 6.45) is 0.965. The highest BCUT2D eigenvalue weighted by molar-refractivity contribution is 7.80. The number of thiocarbonyl (C=S) groups is 1. The monoisotopic (exact) mass is 366 g/mol. The summed E-state index contributed by atoms with van der Waals surface area (Å²) in [6, 6.07) is 4.16. The second kappa shape index (κ2) is 8.69. The van der Waals surface area contributed by atoms with Gasteiger partial charge in [0.2, 0.25) is 0 Å². The Morgan fingerprint density at radius 3 is 2.56 bits per heavy atom. The lowest BCUT2D eigenvalue weighted by atomic mass is 9.99. The van der Waals surface area contributed by atoms with E-state index < -0.39 is 0 Å². The fourth-order valence-electron chi connectivity index (χ4n) is 3.42. The van der Waals surface area contributed by atoms with Crippen LogP contribution in [-0.2, 0) is 17.7 Å². The second-order valence-corrected chi connectivity index (χ2v) is 6.88. The zero-order valence-electron chi connectivity index (χ0n) is 15.1. The SMILES string of the molecule is COc1cc2c(cc1OC)CN(C(=S)NCC[NH+]1CCOCC1)CC2. The molecule has 0 aromatic heterocycles. The molecule has 2 heterocycles. The Labute approximate surface area is 155 Å². The molecule has 0 bridgehead atoms. The number of quaternary nitrogens is 1. The topological polar surface area (TPSA) is 47.4 Å². The molecule has 138 valence electrons. The zero-order valence-corrected chi connectivity index (χ0v) is 15.9. The van der Waals surface area contributed by atoms with E-state index in [-0.39, 0.29) is 0 Å². The molecule has 0 radical (unpaired) electrons. The van der Waals surface area contributed by atoms with Crippen LogP contribution in [0, 0.1) is 0 Å². The predicted octanol–water partition coefficient (Wildman–Crippen LogP) is -0.148. The van der Waals surface area contributed by atoms with Gasteiger partial charge in [-0.1, -0.05) is 0 Å². The average molecular weight is 367 g/mol. The highest BCUT2D eigenvalue weighted by Crippen LogP contribution is 2.33. The van der Waals surface area contributed by atoms with Crippen molar-refractivity contribution in [3.05, 3.63) is 23.3 Å². The Hall–Kier alpha value is -1.57. The molecule has 0 spiro atoms. The first-order valence-corrected chi connectivity index (χ1v) is 9.30. The van der Waals surface area contributed by atoms with Crippen LogP contribution in [0.3, 0.4) is 0 Å². The molecule has 0 unspecified atom stereocenters. The van der Waals surface area contributed by atoms with E-state index in [9.17, 15) is 0 Å². The first-order chi connectivity index (χ1) is 12.2. The molecule has 0 saturated carbocycles. The molecule has 6 nitrogen and oxygen atoms in total. The van der Waals surface area contributed by atoms with Gasteiger partial charge in [-0.05, 0) is 41.9 Å². The van der Waals surface area contributed by atoms with Gasteiger partial charge in [0.15, 0.2) is 16.6 Å². The van der Waals surface area contributed by atoms with Crippen molar-refractivity contribution in [3.8, 4) is 11.5 Å². The quantitative estimate of drug-likeness (QED) is 0.707. The predicted molar refractivity (Wildman–Crippen MR) is 101 cm³/mol. The number of fused-ring (bicyclic) bond motifs is 1. The minimum absolute atomic E-state index is 0.776. The number of hydrogen-bond acceptors (Lipinski definition) is 4. The van der Waals surface area contributed by atoms with Gasteiger partial charge < -0.3 is 29.3 Å². The van der Waals surface area contributed by atoms with Crippen LogP contribution in [0.25, 0.3) is 0 Å². The van der Waals surface area contributed by atoms with Crippen molar-refractivity contribution in [2.45, 2.75) is 13.0 Å². The summed E-state index contributed by atoms with van der Waals surface area (Å²) < 4.78 is 16.2. The number of methoxy groups -OCH3 is 2. The van der Waals surface area contributed by atoms with Gasteiger partial charge in [-0.2, -0.15) is 0 Å². The van der Waals surface area contributed by atoms with Crippen molar-refractivity contribution >= 4 is 17.3 Å². The molecule has 0 atom stereocenters. The molecule has 2 N–H and O–H groups in total. The third-order valence-electron chi connectivity index (χ3n) is 4.96.